The second kappa shape index (κ2) is 7.55. The summed E-state index contributed by atoms with van der Waals surface area (Å²) < 4.78 is 0. The van der Waals surface area contributed by atoms with Gasteiger partial charge in [0.25, 0.3) is 5.91 Å². The van der Waals surface area contributed by atoms with Crippen molar-refractivity contribution in [1.29, 1.82) is 0 Å². The predicted molar refractivity (Wildman–Crippen MR) is 85.3 cm³/mol. The largest absolute Gasteiger partial charge is 0.322 e. The maximum atomic E-state index is 12.0. The van der Waals surface area contributed by atoms with Gasteiger partial charge in [0.05, 0.1) is 5.56 Å². The first-order valence-electron chi connectivity index (χ1n) is 7.25. The molecule has 0 fully saturated rings. The molecular weight excluding hydrogens is 262 g/mol. The fourth-order valence-electron chi connectivity index (χ4n) is 2.10. The molecule has 4 heteroatoms. The van der Waals surface area contributed by atoms with Crippen molar-refractivity contribution in [3.8, 4) is 0 Å². The first-order valence-corrected chi connectivity index (χ1v) is 7.25. The van der Waals surface area contributed by atoms with E-state index in [9.17, 15) is 4.79 Å². The molecule has 0 atom stereocenters. The molecule has 0 aliphatic carbocycles. The average molecular weight is 283 g/mol. The number of benzene rings is 1. The third kappa shape index (κ3) is 4.39. The van der Waals surface area contributed by atoms with E-state index in [1.54, 1.807) is 24.5 Å². The zero-order valence-electron chi connectivity index (χ0n) is 12.5. The third-order valence-electron chi connectivity index (χ3n) is 3.44. The lowest BCUT2D eigenvalue weighted by Gasteiger charge is -2.18. The van der Waals surface area contributed by atoms with Crippen LogP contribution in [0.4, 0.5) is 5.69 Å². The summed E-state index contributed by atoms with van der Waals surface area (Å²) in [5.41, 5.74) is 2.61. The van der Waals surface area contributed by atoms with Crippen LogP contribution < -0.4 is 5.32 Å². The fourth-order valence-corrected chi connectivity index (χ4v) is 2.10. The lowest BCUT2D eigenvalue weighted by molar-refractivity contribution is 0.102. The molecule has 1 aromatic carbocycles. The second-order valence-corrected chi connectivity index (χ2v) is 4.85. The highest BCUT2D eigenvalue weighted by molar-refractivity contribution is 6.03. The maximum Gasteiger partial charge on any atom is 0.257 e. The van der Waals surface area contributed by atoms with E-state index in [4.69, 9.17) is 0 Å². The first-order chi connectivity index (χ1) is 10.2. The van der Waals surface area contributed by atoms with Crippen LogP contribution in [0.2, 0.25) is 0 Å². The summed E-state index contributed by atoms with van der Waals surface area (Å²) >= 11 is 0. The van der Waals surface area contributed by atoms with Crippen LogP contribution in [0.5, 0.6) is 0 Å². The molecular formula is C17H21N3O. The van der Waals surface area contributed by atoms with Crippen LogP contribution in [0.3, 0.4) is 0 Å². The Labute approximate surface area is 125 Å². The van der Waals surface area contributed by atoms with Crippen LogP contribution in [-0.2, 0) is 6.54 Å². The molecule has 0 radical (unpaired) electrons. The van der Waals surface area contributed by atoms with Gasteiger partial charge in [0.2, 0.25) is 0 Å². The zero-order valence-corrected chi connectivity index (χ0v) is 12.5. The Morgan fingerprint density at radius 3 is 2.43 bits per heavy atom. The van der Waals surface area contributed by atoms with Crippen LogP contribution in [0.15, 0.2) is 48.8 Å². The molecule has 0 aliphatic rings. The number of nitrogens with one attached hydrogen (secondary N) is 1. The molecule has 0 unspecified atom stereocenters. The van der Waals surface area contributed by atoms with Gasteiger partial charge in [-0.05, 0) is 42.9 Å². The topological polar surface area (TPSA) is 45.2 Å². The maximum absolute atomic E-state index is 12.0. The lowest BCUT2D eigenvalue weighted by atomic mass is 10.2. The van der Waals surface area contributed by atoms with E-state index in [0.717, 1.165) is 25.3 Å². The summed E-state index contributed by atoms with van der Waals surface area (Å²) in [6.45, 7) is 7.33. The summed E-state index contributed by atoms with van der Waals surface area (Å²) in [4.78, 5) is 18.3. The monoisotopic (exact) mass is 283 g/mol. The van der Waals surface area contributed by atoms with Crippen LogP contribution in [-0.4, -0.2) is 28.9 Å². The molecule has 2 rings (SSSR count). The highest BCUT2D eigenvalue weighted by atomic mass is 16.1. The average Bonchev–Trinajstić information content (AvgIpc) is 2.55. The van der Waals surface area contributed by atoms with Gasteiger partial charge in [-0.1, -0.05) is 26.0 Å². The van der Waals surface area contributed by atoms with Crippen LogP contribution in [0, 0.1) is 0 Å². The highest BCUT2D eigenvalue weighted by Crippen LogP contribution is 2.12. The van der Waals surface area contributed by atoms with E-state index in [2.05, 4.69) is 41.2 Å². The van der Waals surface area contributed by atoms with Crippen molar-refractivity contribution in [2.75, 3.05) is 18.4 Å². The number of hydrogen-bond acceptors (Lipinski definition) is 3. The molecule has 2 aromatic rings. The number of rotatable bonds is 6. The van der Waals surface area contributed by atoms with Gasteiger partial charge in [0, 0.05) is 24.6 Å². The molecule has 0 aliphatic heterocycles. The van der Waals surface area contributed by atoms with E-state index in [0.29, 0.717) is 5.56 Å². The molecule has 0 saturated heterocycles. The molecule has 1 amide bonds. The van der Waals surface area contributed by atoms with Gasteiger partial charge in [-0.25, -0.2) is 0 Å². The number of amides is 1. The summed E-state index contributed by atoms with van der Waals surface area (Å²) in [5.74, 6) is -0.139. The number of nitrogens with zero attached hydrogens (tertiary/aromatic N) is 2. The SMILES string of the molecule is CCN(CC)Cc1ccc(NC(=O)c2cccnc2)cc1. The van der Waals surface area contributed by atoms with Crippen LogP contribution in [0.1, 0.15) is 29.8 Å². The third-order valence-corrected chi connectivity index (χ3v) is 3.44. The van der Waals surface area contributed by atoms with Crippen molar-refractivity contribution >= 4 is 11.6 Å². The van der Waals surface area contributed by atoms with E-state index in [-0.39, 0.29) is 5.91 Å². The Kier molecular flexibility index (Phi) is 5.46. The summed E-state index contributed by atoms with van der Waals surface area (Å²) in [7, 11) is 0. The van der Waals surface area contributed by atoms with Crippen molar-refractivity contribution in [1.82, 2.24) is 9.88 Å². The zero-order chi connectivity index (χ0) is 15.1. The van der Waals surface area contributed by atoms with Crippen molar-refractivity contribution in [3.63, 3.8) is 0 Å². The molecule has 110 valence electrons. The number of hydrogen-bond donors (Lipinski definition) is 1. The first kappa shape index (κ1) is 15.2. The molecule has 1 heterocycles. The minimum atomic E-state index is -0.139. The molecule has 21 heavy (non-hydrogen) atoms. The normalized spacial score (nSPS) is 10.6. The minimum absolute atomic E-state index is 0.139. The number of carbonyl (C=O) groups excluding carboxylic acids is 1. The smallest absolute Gasteiger partial charge is 0.257 e. The Balaban J connectivity index is 1.98. The lowest BCUT2D eigenvalue weighted by Crippen LogP contribution is -2.22. The predicted octanol–water partition coefficient (Wildman–Crippen LogP) is 3.18. The Hall–Kier alpha value is -2.20. The van der Waals surface area contributed by atoms with Gasteiger partial charge in [-0.15, -0.1) is 0 Å². The van der Waals surface area contributed by atoms with Gasteiger partial charge in [0.15, 0.2) is 0 Å². The highest BCUT2D eigenvalue weighted by Gasteiger charge is 2.06. The van der Waals surface area contributed by atoms with Gasteiger partial charge in [0.1, 0.15) is 0 Å². The molecule has 4 nitrogen and oxygen atoms in total. The summed E-state index contributed by atoms with van der Waals surface area (Å²) in [5, 5.41) is 2.87. The second-order valence-electron chi connectivity index (χ2n) is 4.85. The molecule has 0 bridgehead atoms. The fraction of sp³-hybridized carbons (Fsp3) is 0.294. The molecule has 1 N–H and O–H groups in total. The van der Waals surface area contributed by atoms with Crippen LogP contribution in [0.25, 0.3) is 0 Å². The minimum Gasteiger partial charge on any atom is -0.322 e. The molecule has 1 aromatic heterocycles. The van der Waals surface area contributed by atoms with E-state index in [1.165, 1.54) is 5.56 Å². The van der Waals surface area contributed by atoms with Gasteiger partial charge >= 0.3 is 0 Å². The molecule has 0 saturated carbocycles. The van der Waals surface area contributed by atoms with Crippen molar-refractivity contribution in [2.24, 2.45) is 0 Å². The summed E-state index contributed by atoms with van der Waals surface area (Å²) in [6.07, 6.45) is 3.21. The Morgan fingerprint density at radius 1 is 1.14 bits per heavy atom. The number of aromatic nitrogens is 1. The Morgan fingerprint density at radius 2 is 1.86 bits per heavy atom. The molecule has 0 spiro atoms. The Bertz CT molecular complexity index is 562. The van der Waals surface area contributed by atoms with Gasteiger partial charge in [-0.2, -0.15) is 0 Å². The van der Waals surface area contributed by atoms with E-state index < -0.39 is 0 Å². The van der Waals surface area contributed by atoms with Crippen LogP contribution >= 0.6 is 0 Å². The standard InChI is InChI=1S/C17H21N3O/c1-3-20(4-2)13-14-7-9-16(10-8-14)19-17(21)15-6-5-11-18-12-15/h5-12H,3-4,13H2,1-2H3,(H,19,21). The number of anilines is 1. The number of carbonyl (C=O) groups is 1. The van der Waals surface area contributed by atoms with E-state index in [1.807, 2.05) is 12.1 Å². The van der Waals surface area contributed by atoms with Crippen molar-refractivity contribution < 1.29 is 4.79 Å². The van der Waals surface area contributed by atoms with E-state index >= 15 is 0 Å². The number of pyridine rings is 1. The summed E-state index contributed by atoms with van der Waals surface area (Å²) in [6, 6.07) is 11.5. The van der Waals surface area contributed by atoms with Gasteiger partial charge in [-0.3, -0.25) is 14.7 Å². The van der Waals surface area contributed by atoms with Crippen molar-refractivity contribution in [3.05, 3.63) is 59.9 Å². The quantitative estimate of drug-likeness (QED) is 0.885. The van der Waals surface area contributed by atoms with Gasteiger partial charge < -0.3 is 5.32 Å². The van der Waals surface area contributed by atoms with Crippen molar-refractivity contribution in [2.45, 2.75) is 20.4 Å².